The lowest BCUT2D eigenvalue weighted by atomic mass is 9.84. The van der Waals surface area contributed by atoms with Gasteiger partial charge in [-0.1, -0.05) is 45.0 Å². The highest BCUT2D eigenvalue weighted by atomic mass is 14.8. The fourth-order valence-electron chi connectivity index (χ4n) is 2.24. The van der Waals surface area contributed by atoms with Gasteiger partial charge in [-0.3, -0.25) is 0 Å². The summed E-state index contributed by atoms with van der Waals surface area (Å²) in [5.41, 5.74) is 9.00. The molecular formula is C15H26N2. The van der Waals surface area contributed by atoms with E-state index in [9.17, 15) is 0 Å². The van der Waals surface area contributed by atoms with Gasteiger partial charge in [0.1, 0.15) is 0 Å². The van der Waals surface area contributed by atoms with Crippen LogP contribution in [-0.4, -0.2) is 13.6 Å². The highest BCUT2D eigenvalue weighted by Crippen LogP contribution is 2.25. The second-order valence-electron chi connectivity index (χ2n) is 5.09. The predicted molar refractivity (Wildman–Crippen MR) is 75.0 cm³/mol. The van der Waals surface area contributed by atoms with Crippen molar-refractivity contribution < 1.29 is 0 Å². The monoisotopic (exact) mass is 234 g/mol. The third-order valence-electron chi connectivity index (χ3n) is 3.53. The summed E-state index contributed by atoms with van der Waals surface area (Å²) in [7, 11) is 1.99. The first kappa shape index (κ1) is 14.2. The van der Waals surface area contributed by atoms with Gasteiger partial charge in [0.25, 0.3) is 0 Å². The molecule has 17 heavy (non-hydrogen) atoms. The van der Waals surface area contributed by atoms with Crippen molar-refractivity contribution in [3.63, 3.8) is 0 Å². The van der Waals surface area contributed by atoms with Crippen LogP contribution in [0.25, 0.3) is 0 Å². The molecule has 1 aromatic rings. The summed E-state index contributed by atoms with van der Waals surface area (Å²) in [6.07, 6.45) is 1.08. The van der Waals surface area contributed by atoms with E-state index in [1.54, 1.807) is 0 Å². The third-order valence-corrected chi connectivity index (χ3v) is 3.53. The maximum atomic E-state index is 6.38. The molecule has 0 radical (unpaired) electrons. The molecular weight excluding hydrogens is 208 g/mol. The summed E-state index contributed by atoms with van der Waals surface area (Å²) in [4.78, 5) is 0. The number of nitrogens with two attached hydrogens (primary N) is 1. The molecule has 2 unspecified atom stereocenters. The van der Waals surface area contributed by atoms with Gasteiger partial charge >= 0.3 is 0 Å². The molecule has 2 nitrogen and oxygen atoms in total. The smallest absolute Gasteiger partial charge is 0.0338 e. The molecule has 0 heterocycles. The molecule has 96 valence electrons. The zero-order valence-electron chi connectivity index (χ0n) is 11.5. The summed E-state index contributed by atoms with van der Waals surface area (Å²) < 4.78 is 0. The zero-order chi connectivity index (χ0) is 12.8. The average Bonchev–Trinajstić information content (AvgIpc) is 2.35. The van der Waals surface area contributed by atoms with Crippen LogP contribution in [0.15, 0.2) is 24.3 Å². The molecule has 0 fully saturated rings. The molecule has 0 aliphatic heterocycles. The Kier molecular flexibility index (Phi) is 5.66. The van der Waals surface area contributed by atoms with Crippen molar-refractivity contribution in [3.8, 4) is 0 Å². The second kappa shape index (κ2) is 6.77. The largest absolute Gasteiger partial charge is 0.324 e. The minimum Gasteiger partial charge on any atom is -0.324 e. The Morgan fingerprint density at radius 1 is 1.18 bits per heavy atom. The van der Waals surface area contributed by atoms with E-state index < -0.39 is 0 Å². The predicted octanol–water partition coefficient (Wildman–Crippen LogP) is 2.74. The van der Waals surface area contributed by atoms with Gasteiger partial charge in [-0.25, -0.2) is 0 Å². The summed E-state index contributed by atoms with van der Waals surface area (Å²) >= 11 is 0. The summed E-state index contributed by atoms with van der Waals surface area (Å²) in [5, 5.41) is 3.24. The van der Waals surface area contributed by atoms with Gasteiger partial charge in [0.2, 0.25) is 0 Å². The third kappa shape index (κ3) is 3.83. The second-order valence-corrected chi connectivity index (χ2v) is 5.09. The Morgan fingerprint density at radius 3 is 2.18 bits per heavy atom. The lowest BCUT2D eigenvalue weighted by Crippen LogP contribution is -2.33. The zero-order valence-corrected chi connectivity index (χ0v) is 11.5. The van der Waals surface area contributed by atoms with Gasteiger partial charge in [-0.2, -0.15) is 0 Å². The molecule has 0 bridgehead atoms. The van der Waals surface area contributed by atoms with Gasteiger partial charge in [0.15, 0.2) is 0 Å². The molecule has 0 aliphatic carbocycles. The first-order valence-electron chi connectivity index (χ1n) is 6.59. The van der Waals surface area contributed by atoms with Crippen LogP contribution in [0.1, 0.15) is 37.9 Å². The number of nitrogens with one attached hydrogen (secondary N) is 1. The number of benzene rings is 1. The molecule has 1 rings (SSSR count). The van der Waals surface area contributed by atoms with Crippen LogP contribution in [0.3, 0.4) is 0 Å². The minimum atomic E-state index is 0.119. The number of hydrogen-bond donors (Lipinski definition) is 2. The normalized spacial score (nSPS) is 14.9. The molecule has 0 saturated heterocycles. The maximum absolute atomic E-state index is 6.38. The van der Waals surface area contributed by atoms with Crippen LogP contribution in [-0.2, 0) is 6.42 Å². The molecule has 0 saturated carbocycles. The van der Waals surface area contributed by atoms with Crippen molar-refractivity contribution >= 4 is 0 Å². The van der Waals surface area contributed by atoms with E-state index in [1.807, 2.05) is 7.05 Å². The van der Waals surface area contributed by atoms with Crippen LogP contribution in [0.2, 0.25) is 0 Å². The Bertz CT molecular complexity index is 316. The number of rotatable bonds is 6. The molecule has 2 heteroatoms. The Labute approximate surface area is 106 Å². The Hall–Kier alpha value is -0.860. The van der Waals surface area contributed by atoms with Crippen LogP contribution >= 0.6 is 0 Å². The summed E-state index contributed by atoms with van der Waals surface area (Å²) in [5.74, 6) is 1.07. The standard InChI is InChI=1S/C15H26N2/c1-5-12-6-8-13(9-7-12)15(16)14(10-17-4)11(2)3/h6-9,11,14-15,17H,5,10,16H2,1-4H3. The lowest BCUT2D eigenvalue weighted by molar-refractivity contribution is 0.314. The van der Waals surface area contributed by atoms with Gasteiger partial charge in [0.05, 0.1) is 0 Å². The highest BCUT2D eigenvalue weighted by molar-refractivity contribution is 5.25. The molecule has 0 aliphatic rings. The van der Waals surface area contributed by atoms with E-state index >= 15 is 0 Å². The molecule has 0 aromatic heterocycles. The quantitative estimate of drug-likeness (QED) is 0.794. The van der Waals surface area contributed by atoms with E-state index in [0.29, 0.717) is 11.8 Å². The van der Waals surface area contributed by atoms with E-state index in [-0.39, 0.29) is 6.04 Å². The number of aryl methyl sites for hydroxylation is 1. The molecule has 0 spiro atoms. The highest BCUT2D eigenvalue weighted by Gasteiger charge is 2.21. The van der Waals surface area contributed by atoms with Crippen LogP contribution in [0.5, 0.6) is 0 Å². The van der Waals surface area contributed by atoms with E-state index in [0.717, 1.165) is 13.0 Å². The first-order chi connectivity index (χ1) is 8.10. The first-order valence-corrected chi connectivity index (χ1v) is 6.59. The fraction of sp³-hybridized carbons (Fsp3) is 0.600. The van der Waals surface area contributed by atoms with E-state index in [4.69, 9.17) is 5.73 Å². The van der Waals surface area contributed by atoms with Gasteiger partial charge in [-0.15, -0.1) is 0 Å². The van der Waals surface area contributed by atoms with Crippen LogP contribution in [0.4, 0.5) is 0 Å². The van der Waals surface area contributed by atoms with Crippen LogP contribution in [0, 0.1) is 11.8 Å². The Morgan fingerprint density at radius 2 is 1.76 bits per heavy atom. The van der Waals surface area contributed by atoms with Crippen molar-refractivity contribution in [2.75, 3.05) is 13.6 Å². The summed E-state index contributed by atoms with van der Waals surface area (Å²) in [6, 6.07) is 8.84. The van der Waals surface area contributed by atoms with E-state index in [2.05, 4.69) is 50.4 Å². The maximum Gasteiger partial charge on any atom is 0.0338 e. The lowest BCUT2D eigenvalue weighted by Gasteiger charge is -2.27. The molecule has 0 amide bonds. The fourth-order valence-corrected chi connectivity index (χ4v) is 2.24. The van der Waals surface area contributed by atoms with Gasteiger partial charge < -0.3 is 11.1 Å². The molecule has 3 N–H and O–H groups in total. The topological polar surface area (TPSA) is 38.0 Å². The van der Waals surface area contributed by atoms with Crippen molar-refractivity contribution in [2.45, 2.75) is 33.2 Å². The molecule has 1 aromatic carbocycles. The van der Waals surface area contributed by atoms with Crippen molar-refractivity contribution in [1.82, 2.24) is 5.32 Å². The van der Waals surface area contributed by atoms with Crippen molar-refractivity contribution in [2.24, 2.45) is 17.6 Å². The summed E-state index contributed by atoms with van der Waals surface area (Å²) in [6.45, 7) is 7.62. The van der Waals surface area contributed by atoms with E-state index in [1.165, 1.54) is 11.1 Å². The number of hydrogen-bond acceptors (Lipinski definition) is 2. The van der Waals surface area contributed by atoms with Crippen molar-refractivity contribution in [3.05, 3.63) is 35.4 Å². The molecule has 2 atom stereocenters. The van der Waals surface area contributed by atoms with Crippen LogP contribution < -0.4 is 11.1 Å². The average molecular weight is 234 g/mol. The van der Waals surface area contributed by atoms with Gasteiger partial charge in [0, 0.05) is 6.04 Å². The Balaban J connectivity index is 2.81. The van der Waals surface area contributed by atoms with Crippen molar-refractivity contribution in [1.29, 1.82) is 0 Å². The minimum absolute atomic E-state index is 0.119. The SMILES string of the molecule is CCc1ccc(C(N)C(CNC)C(C)C)cc1. The van der Waals surface area contributed by atoms with Gasteiger partial charge in [-0.05, 0) is 43.0 Å².